The van der Waals surface area contributed by atoms with E-state index >= 15 is 0 Å². The van der Waals surface area contributed by atoms with Gasteiger partial charge in [-0.1, -0.05) is 42.5 Å². The highest BCUT2D eigenvalue weighted by molar-refractivity contribution is 5.77. The second kappa shape index (κ2) is 8.99. The molecule has 1 aliphatic rings. The van der Waals surface area contributed by atoms with Crippen molar-refractivity contribution in [1.29, 1.82) is 0 Å². The normalized spacial score (nSPS) is 16.2. The first kappa shape index (κ1) is 19.3. The Hall–Kier alpha value is -3.01. The van der Waals surface area contributed by atoms with Crippen LogP contribution >= 0.6 is 0 Å². The zero-order chi connectivity index (χ0) is 20.1. The smallest absolute Gasteiger partial charge is 0.223 e. The largest absolute Gasteiger partial charge is 0.494 e. The quantitative estimate of drug-likeness (QED) is 0.525. The van der Waals surface area contributed by atoms with Gasteiger partial charge in [0.25, 0.3) is 0 Å². The molecule has 4 nitrogen and oxygen atoms in total. The van der Waals surface area contributed by atoms with Crippen molar-refractivity contribution >= 4 is 5.91 Å². The second-order valence-corrected chi connectivity index (χ2v) is 7.38. The predicted molar refractivity (Wildman–Crippen MR) is 114 cm³/mol. The van der Waals surface area contributed by atoms with Crippen LogP contribution in [-0.4, -0.2) is 24.0 Å². The minimum Gasteiger partial charge on any atom is -0.494 e. The predicted octanol–water partition coefficient (Wildman–Crippen LogP) is 5.64. The molecule has 1 amide bonds. The van der Waals surface area contributed by atoms with Gasteiger partial charge in [0.1, 0.15) is 17.3 Å². The van der Waals surface area contributed by atoms with Crippen molar-refractivity contribution in [3.63, 3.8) is 0 Å². The Morgan fingerprint density at radius 1 is 1.07 bits per heavy atom. The summed E-state index contributed by atoms with van der Waals surface area (Å²) in [6.45, 7) is 3.46. The lowest BCUT2D eigenvalue weighted by Gasteiger charge is -2.25. The first-order valence-electron chi connectivity index (χ1n) is 10.4. The molecule has 2 aromatic carbocycles. The molecule has 1 aliphatic heterocycles. The van der Waals surface area contributed by atoms with Crippen LogP contribution in [0.2, 0.25) is 0 Å². The molecule has 29 heavy (non-hydrogen) atoms. The van der Waals surface area contributed by atoms with Crippen molar-refractivity contribution in [3.05, 3.63) is 78.1 Å². The van der Waals surface area contributed by atoms with Crippen molar-refractivity contribution in [2.45, 2.75) is 38.6 Å². The number of hydrogen-bond acceptors (Lipinski definition) is 3. The molecule has 4 heteroatoms. The van der Waals surface area contributed by atoms with Gasteiger partial charge in [0.2, 0.25) is 5.91 Å². The van der Waals surface area contributed by atoms with Gasteiger partial charge in [-0.25, -0.2) is 0 Å². The average molecular weight is 389 g/mol. The van der Waals surface area contributed by atoms with Crippen LogP contribution in [-0.2, 0) is 11.2 Å². The molecular weight excluding hydrogens is 362 g/mol. The highest BCUT2D eigenvalue weighted by atomic mass is 16.5. The van der Waals surface area contributed by atoms with E-state index in [1.54, 1.807) is 0 Å². The SMILES string of the molecule is CCOc1ccc(C2CCCN2C(=O)CCc2ccc(-c3ccccc3)o2)cc1. The summed E-state index contributed by atoms with van der Waals surface area (Å²) in [5.41, 5.74) is 2.24. The highest BCUT2D eigenvalue weighted by Gasteiger charge is 2.29. The Balaban J connectivity index is 1.37. The molecule has 3 aromatic rings. The number of aryl methyl sites for hydroxylation is 1. The van der Waals surface area contributed by atoms with Crippen molar-refractivity contribution in [3.8, 4) is 17.1 Å². The van der Waals surface area contributed by atoms with Crippen LogP contribution in [0.1, 0.15) is 43.6 Å². The minimum atomic E-state index is 0.162. The monoisotopic (exact) mass is 389 g/mol. The molecule has 0 bridgehead atoms. The standard InChI is InChI=1S/C25H27NO3/c1-2-28-21-12-10-19(11-13-21)23-9-6-18-26(23)25(27)17-15-22-14-16-24(29-22)20-7-4-3-5-8-20/h3-5,7-8,10-14,16,23H,2,6,9,15,17-18H2,1H3. The number of hydrogen-bond donors (Lipinski definition) is 0. The van der Waals surface area contributed by atoms with Crippen LogP contribution < -0.4 is 4.74 Å². The summed E-state index contributed by atoms with van der Waals surface area (Å²) < 4.78 is 11.5. The Kier molecular flexibility index (Phi) is 5.99. The van der Waals surface area contributed by atoms with E-state index in [0.29, 0.717) is 19.4 Å². The van der Waals surface area contributed by atoms with Gasteiger partial charge in [0, 0.05) is 24.9 Å². The molecule has 1 aromatic heterocycles. The van der Waals surface area contributed by atoms with Crippen molar-refractivity contribution < 1.29 is 13.9 Å². The van der Waals surface area contributed by atoms with Crippen LogP contribution in [0.3, 0.4) is 0 Å². The van der Waals surface area contributed by atoms with Gasteiger partial charge in [0.05, 0.1) is 12.6 Å². The summed E-state index contributed by atoms with van der Waals surface area (Å²) in [5, 5.41) is 0. The molecule has 1 fully saturated rings. The number of carbonyl (C=O) groups excluding carboxylic acids is 1. The van der Waals surface area contributed by atoms with Gasteiger partial charge in [0.15, 0.2) is 0 Å². The van der Waals surface area contributed by atoms with E-state index in [1.807, 2.05) is 66.4 Å². The van der Waals surface area contributed by atoms with Crippen LogP contribution in [0, 0.1) is 0 Å². The Labute approximate surface area is 172 Å². The maximum absolute atomic E-state index is 12.9. The van der Waals surface area contributed by atoms with Crippen LogP contribution in [0.15, 0.2) is 71.1 Å². The third kappa shape index (κ3) is 4.53. The maximum atomic E-state index is 12.9. The van der Waals surface area contributed by atoms with Gasteiger partial charge in [-0.2, -0.15) is 0 Å². The first-order valence-corrected chi connectivity index (χ1v) is 10.4. The molecule has 150 valence electrons. The van der Waals surface area contributed by atoms with Crippen molar-refractivity contribution in [1.82, 2.24) is 4.90 Å². The van der Waals surface area contributed by atoms with Crippen LogP contribution in [0.4, 0.5) is 0 Å². The van der Waals surface area contributed by atoms with Crippen LogP contribution in [0.5, 0.6) is 5.75 Å². The summed E-state index contributed by atoms with van der Waals surface area (Å²) >= 11 is 0. The highest BCUT2D eigenvalue weighted by Crippen LogP contribution is 2.33. The third-order valence-corrected chi connectivity index (χ3v) is 5.45. The lowest BCUT2D eigenvalue weighted by atomic mass is 10.0. The molecule has 0 radical (unpaired) electrons. The lowest BCUT2D eigenvalue weighted by Crippen LogP contribution is -2.30. The van der Waals surface area contributed by atoms with Gasteiger partial charge in [-0.15, -0.1) is 0 Å². The Morgan fingerprint density at radius 2 is 1.86 bits per heavy atom. The fourth-order valence-corrected chi connectivity index (χ4v) is 4.01. The van der Waals surface area contributed by atoms with E-state index in [4.69, 9.17) is 9.15 Å². The average Bonchev–Trinajstić information content (AvgIpc) is 3.43. The summed E-state index contributed by atoms with van der Waals surface area (Å²) in [6, 6.07) is 22.3. The topological polar surface area (TPSA) is 42.7 Å². The fraction of sp³-hybridized carbons (Fsp3) is 0.320. The first-order chi connectivity index (χ1) is 14.2. The molecule has 1 unspecified atom stereocenters. The van der Waals surface area contributed by atoms with E-state index in [-0.39, 0.29) is 11.9 Å². The molecule has 0 spiro atoms. The molecule has 1 atom stereocenters. The second-order valence-electron chi connectivity index (χ2n) is 7.38. The number of amides is 1. The number of nitrogens with zero attached hydrogens (tertiary/aromatic N) is 1. The number of furan rings is 1. The maximum Gasteiger partial charge on any atom is 0.223 e. The molecule has 0 aliphatic carbocycles. The number of ether oxygens (including phenoxy) is 1. The fourth-order valence-electron chi connectivity index (χ4n) is 4.01. The molecule has 2 heterocycles. The van der Waals surface area contributed by atoms with Crippen LogP contribution in [0.25, 0.3) is 11.3 Å². The number of benzene rings is 2. The molecule has 0 N–H and O–H groups in total. The zero-order valence-corrected chi connectivity index (χ0v) is 16.8. The van der Waals surface area contributed by atoms with E-state index in [1.165, 1.54) is 5.56 Å². The summed E-state index contributed by atoms with van der Waals surface area (Å²) in [5.74, 6) is 2.77. The van der Waals surface area contributed by atoms with Gasteiger partial charge in [-0.3, -0.25) is 4.79 Å². The van der Waals surface area contributed by atoms with Gasteiger partial charge in [-0.05, 0) is 49.6 Å². The molecule has 1 saturated heterocycles. The number of carbonyl (C=O) groups is 1. The van der Waals surface area contributed by atoms with E-state index in [9.17, 15) is 4.79 Å². The van der Waals surface area contributed by atoms with E-state index in [0.717, 1.165) is 42.2 Å². The zero-order valence-electron chi connectivity index (χ0n) is 16.8. The van der Waals surface area contributed by atoms with Crippen molar-refractivity contribution in [2.75, 3.05) is 13.2 Å². The van der Waals surface area contributed by atoms with E-state index < -0.39 is 0 Å². The van der Waals surface area contributed by atoms with Gasteiger partial charge < -0.3 is 14.1 Å². The molecular formula is C25H27NO3. The molecule has 4 rings (SSSR count). The number of likely N-dealkylation sites (tertiary alicyclic amines) is 1. The Morgan fingerprint density at radius 3 is 2.62 bits per heavy atom. The summed E-state index contributed by atoms with van der Waals surface area (Å²) in [6.07, 6.45) is 3.15. The van der Waals surface area contributed by atoms with Gasteiger partial charge >= 0.3 is 0 Å². The summed E-state index contributed by atoms with van der Waals surface area (Å²) in [7, 11) is 0. The lowest BCUT2D eigenvalue weighted by molar-refractivity contribution is -0.132. The third-order valence-electron chi connectivity index (χ3n) is 5.45. The molecule has 0 saturated carbocycles. The Bertz CT molecular complexity index is 930. The summed E-state index contributed by atoms with van der Waals surface area (Å²) in [4.78, 5) is 14.9. The number of rotatable bonds is 7. The van der Waals surface area contributed by atoms with Crippen molar-refractivity contribution in [2.24, 2.45) is 0 Å². The van der Waals surface area contributed by atoms with E-state index in [2.05, 4.69) is 12.1 Å². The minimum absolute atomic E-state index is 0.162.